The maximum absolute atomic E-state index is 6.20. The molecule has 0 aliphatic heterocycles. The molecule has 0 fully saturated rings. The Kier molecular flexibility index (Phi) is 3.50. The minimum absolute atomic E-state index is 0.251. The Labute approximate surface area is 119 Å². The van der Waals surface area contributed by atoms with E-state index in [1.165, 1.54) is 33.9 Å². The second-order valence-electron chi connectivity index (χ2n) is 5.69. The first-order valence-corrected chi connectivity index (χ1v) is 7.97. The first-order valence-electron chi connectivity index (χ1n) is 7.15. The van der Waals surface area contributed by atoms with Crippen molar-refractivity contribution in [1.82, 2.24) is 4.57 Å². The number of hydrogen-bond donors (Lipinski definition) is 1. The molecule has 0 spiro atoms. The molecule has 0 radical (unpaired) electrons. The van der Waals surface area contributed by atoms with E-state index in [9.17, 15) is 0 Å². The standard InChI is InChI=1S/C16H22N2S/c1-11(10-13-7-6-12(2)19-13)18-9-8-14-15(17)4-3-5-16(14)18/h6-9,11,15H,3-5,10,17H2,1-2H3. The van der Waals surface area contributed by atoms with E-state index in [1.807, 2.05) is 11.3 Å². The number of nitrogens with zero attached hydrogens (tertiary/aromatic N) is 1. The van der Waals surface area contributed by atoms with Gasteiger partial charge in [0.25, 0.3) is 0 Å². The number of rotatable bonds is 3. The van der Waals surface area contributed by atoms with Crippen molar-refractivity contribution in [3.05, 3.63) is 45.4 Å². The Balaban J connectivity index is 1.82. The maximum Gasteiger partial charge on any atom is 0.0353 e. The van der Waals surface area contributed by atoms with Crippen LogP contribution in [0.5, 0.6) is 0 Å². The third-order valence-corrected chi connectivity index (χ3v) is 5.18. The number of thiophene rings is 1. The van der Waals surface area contributed by atoms with Crippen LogP contribution in [0.3, 0.4) is 0 Å². The molecule has 2 heterocycles. The molecule has 102 valence electrons. The summed E-state index contributed by atoms with van der Waals surface area (Å²) in [6.07, 6.45) is 6.90. The van der Waals surface area contributed by atoms with Crippen LogP contribution in [0.2, 0.25) is 0 Å². The fourth-order valence-corrected chi connectivity index (χ4v) is 4.16. The molecular weight excluding hydrogens is 252 g/mol. The van der Waals surface area contributed by atoms with Gasteiger partial charge in [-0.05, 0) is 56.9 Å². The number of nitrogens with two attached hydrogens (primary N) is 1. The van der Waals surface area contributed by atoms with Crippen LogP contribution in [-0.2, 0) is 12.8 Å². The molecule has 19 heavy (non-hydrogen) atoms. The highest BCUT2D eigenvalue weighted by atomic mass is 32.1. The van der Waals surface area contributed by atoms with Crippen molar-refractivity contribution in [2.45, 2.75) is 51.6 Å². The van der Waals surface area contributed by atoms with Crippen molar-refractivity contribution < 1.29 is 0 Å². The van der Waals surface area contributed by atoms with Crippen molar-refractivity contribution in [3.63, 3.8) is 0 Å². The number of hydrogen-bond acceptors (Lipinski definition) is 2. The fraction of sp³-hybridized carbons (Fsp3) is 0.500. The van der Waals surface area contributed by atoms with Crippen molar-refractivity contribution >= 4 is 11.3 Å². The van der Waals surface area contributed by atoms with Gasteiger partial charge in [0.2, 0.25) is 0 Å². The van der Waals surface area contributed by atoms with Crippen LogP contribution in [0.15, 0.2) is 24.4 Å². The van der Waals surface area contributed by atoms with Crippen molar-refractivity contribution in [2.24, 2.45) is 5.73 Å². The summed E-state index contributed by atoms with van der Waals surface area (Å²) in [5.41, 5.74) is 9.05. The quantitative estimate of drug-likeness (QED) is 0.901. The van der Waals surface area contributed by atoms with Gasteiger partial charge in [0.1, 0.15) is 0 Å². The van der Waals surface area contributed by atoms with E-state index in [1.54, 1.807) is 0 Å². The molecule has 1 aliphatic rings. The van der Waals surface area contributed by atoms with Crippen LogP contribution in [0.1, 0.15) is 52.9 Å². The molecule has 2 unspecified atom stereocenters. The van der Waals surface area contributed by atoms with Crippen LogP contribution >= 0.6 is 11.3 Å². The Morgan fingerprint density at radius 2 is 2.26 bits per heavy atom. The van der Waals surface area contributed by atoms with Gasteiger partial charge in [0.15, 0.2) is 0 Å². The normalized spacial score (nSPS) is 20.3. The van der Waals surface area contributed by atoms with Crippen molar-refractivity contribution in [3.8, 4) is 0 Å². The van der Waals surface area contributed by atoms with Gasteiger partial charge in [-0.1, -0.05) is 0 Å². The van der Waals surface area contributed by atoms with E-state index < -0.39 is 0 Å². The summed E-state index contributed by atoms with van der Waals surface area (Å²) in [6, 6.07) is 7.48. The zero-order valence-electron chi connectivity index (χ0n) is 11.7. The Morgan fingerprint density at radius 3 is 3.00 bits per heavy atom. The van der Waals surface area contributed by atoms with E-state index in [0.717, 1.165) is 12.8 Å². The van der Waals surface area contributed by atoms with Crippen LogP contribution in [0.4, 0.5) is 0 Å². The zero-order chi connectivity index (χ0) is 13.4. The van der Waals surface area contributed by atoms with Gasteiger partial charge in [-0.3, -0.25) is 0 Å². The molecule has 0 amide bonds. The number of aryl methyl sites for hydroxylation is 1. The monoisotopic (exact) mass is 274 g/mol. The first-order chi connectivity index (χ1) is 9.15. The summed E-state index contributed by atoms with van der Waals surface area (Å²) in [5.74, 6) is 0. The van der Waals surface area contributed by atoms with Gasteiger partial charge < -0.3 is 10.3 Å². The molecule has 2 nitrogen and oxygen atoms in total. The average Bonchev–Trinajstić information content (AvgIpc) is 2.96. The first kappa shape index (κ1) is 12.9. The third-order valence-electron chi connectivity index (χ3n) is 4.16. The predicted molar refractivity (Wildman–Crippen MR) is 81.8 cm³/mol. The number of aromatic nitrogens is 1. The van der Waals surface area contributed by atoms with Crippen LogP contribution < -0.4 is 5.73 Å². The second-order valence-corrected chi connectivity index (χ2v) is 7.06. The van der Waals surface area contributed by atoms with Gasteiger partial charge in [0, 0.05) is 40.1 Å². The summed E-state index contributed by atoms with van der Waals surface area (Å²) < 4.78 is 2.45. The Hall–Kier alpha value is -1.06. The highest BCUT2D eigenvalue weighted by molar-refractivity contribution is 7.11. The summed E-state index contributed by atoms with van der Waals surface area (Å²) in [7, 11) is 0. The summed E-state index contributed by atoms with van der Waals surface area (Å²) in [6.45, 7) is 4.49. The van der Waals surface area contributed by atoms with Gasteiger partial charge >= 0.3 is 0 Å². The maximum atomic E-state index is 6.20. The average molecular weight is 274 g/mol. The molecule has 0 aromatic carbocycles. The van der Waals surface area contributed by atoms with Crippen LogP contribution in [0.25, 0.3) is 0 Å². The predicted octanol–water partition coefficient (Wildman–Crippen LogP) is 4.00. The summed E-state index contributed by atoms with van der Waals surface area (Å²) in [5, 5.41) is 0. The molecule has 0 saturated heterocycles. The lowest BCUT2D eigenvalue weighted by Crippen LogP contribution is -2.19. The van der Waals surface area contributed by atoms with Crippen LogP contribution in [-0.4, -0.2) is 4.57 Å². The molecule has 3 heteroatoms. The molecule has 3 rings (SSSR count). The lowest BCUT2D eigenvalue weighted by Gasteiger charge is -2.23. The minimum atomic E-state index is 0.251. The molecule has 2 aromatic rings. The smallest absolute Gasteiger partial charge is 0.0353 e. The van der Waals surface area contributed by atoms with Gasteiger partial charge in [-0.2, -0.15) is 0 Å². The molecular formula is C16H22N2S. The topological polar surface area (TPSA) is 30.9 Å². The molecule has 0 saturated carbocycles. The molecule has 2 N–H and O–H groups in total. The highest BCUT2D eigenvalue weighted by Gasteiger charge is 2.22. The zero-order valence-corrected chi connectivity index (χ0v) is 12.5. The van der Waals surface area contributed by atoms with Gasteiger partial charge in [-0.25, -0.2) is 0 Å². The molecule has 1 aliphatic carbocycles. The second kappa shape index (κ2) is 5.14. The fourth-order valence-electron chi connectivity index (χ4n) is 3.15. The lowest BCUT2D eigenvalue weighted by molar-refractivity contribution is 0.492. The molecule has 0 bridgehead atoms. The summed E-state index contributed by atoms with van der Waals surface area (Å²) >= 11 is 1.91. The van der Waals surface area contributed by atoms with E-state index in [4.69, 9.17) is 5.73 Å². The largest absolute Gasteiger partial charge is 0.348 e. The number of fused-ring (bicyclic) bond motifs is 1. The van der Waals surface area contributed by atoms with E-state index in [0.29, 0.717) is 6.04 Å². The van der Waals surface area contributed by atoms with Crippen molar-refractivity contribution in [2.75, 3.05) is 0 Å². The minimum Gasteiger partial charge on any atom is -0.348 e. The summed E-state index contributed by atoms with van der Waals surface area (Å²) in [4.78, 5) is 2.88. The van der Waals surface area contributed by atoms with E-state index >= 15 is 0 Å². The Bertz CT molecular complexity index is 567. The Morgan fingerprint density at radius 1 is 1.42 bits per heavy atom. The van der Waals surface area contributed by atoms with Crippen molar-refractivity contribution in [1.29, 1.82) is 0 Å². The van der Waals surface area contributed by atoms with Crippen LogP contribution in [0, 0.1) is 6.92 Å². The molecule has 2 atom stereocenters. The highest BCUT2D eigenvalue weighted by Crippen LogP contribution is 2.32. The molecule has 2 aromatic heterocycles. The lowest BCUT2D eigenvalue weighted by atomic mass is 9.93. The van der Waals surface area contributed by atoms with E-state index in [2.05, 4.69) is 42.8 Å². The van der Waals surface area contributed by atoms with Gasteiger partial charge in [0.05, 0.1) is 0 Å². The van der Waals surface area contributed by atoms with E-state index in [-0.39, 0.29) is 6.04 Å². The SMILES string of the molecule is Cc1ccc(CC(C)n2ccc3c2CCCC3N)s1. The third kappa shape index (κ3) is 2.49. The van der Waals surface area contributed by atoms with Gasteiger partial charge in [-0.15, -0.1) is 11.3 Å².